The molecule has 0 radical (unpaired) electrons. The fraction of sp³-hybridized carbons (Fsp3) is 0.424. The lowest BCUT2D eigenvalue weighted by Gasteiger charge is -2.37. The number of carbonyl (C=O) groups is 1. The summed E-state index contributed by atoms with van der Waals surface area (Å²) in [5.74, 6) is -2.03. The summed E-state index contributed by atoms with van der Waals surface area (Å²) in [6.45, 7) is 5.54. The average molecular weight is 640 g/mol. The van der Waals surface area contributed by atoms with Crippen LogP contribution in [0.25, 0.3) is 0 Å². The fourth-order valence-corrected chi connectivity index (χ4v) is 5.67. The van der Waals surface area contributed by atoms with Gasteiger partial charge in [-0.15, -0.1) is 4.72 Å². The van der Waals surface area contributed by atoms with Crippen molar-refractivity contribution in [3.8, 4) is 5.75 Å². The third kappa shape index (κ3) is 9.93. The Labute approximate surface area is 258 Å². The molecule has 11 heteroatoms. The van der Waals surface area contributed by atoms with Gasteiger partial charge in [0, 0.05) is 30.3 Å². The third-order valence-corrected chi connectivity index (χ3v) is 8.36. The lowest BCUT2D eigenvalue weighted by Crippen LogP contribution is -2.50. The minimum Gasteiger partial charge on any atom is -0.598 e. The number of aryl methyl sites for hydroxylation is 1. The second-order valence-corrected chi connectivity index (χ2v) is 12.5. The summed E-state index contributed by atoms with van der Waals surface area (Å²) in [6.07, 6.45) is -5.70. The highest BCUT2D eigenvalue weighted by Crippen LogP contribution is 2.39. The van der Waals surface area contributed by atoms with E-state index < -0.39 is 41.0 Å². The number of hydrogen-bond donors (Lipinski definition) is 1. The normalized spacial score (nSPS) is 14.0. The SMILES string of the molecule is CCOC(=O)CCCCCc1cccc([C@@](Cc2ccccc2)(N[S@+]([O-])C(C)C)c2cc(F)cc(OC(F)(F)C(F)F)c2)c1. The van der Waals surface area contributed by atoms with E-state index in [0.29, 0.717) is 37.5 Å². The van der Waals surface area contributed by atoms with Crippen LogP contribution in [0.5, 0.6) is 5.75 Å². The summed E-state index contributed by atoms with van der Waals surface area (Å²) in [5, 5.41) is -0.389. The first-order valence-electron chi connectivity index (χ1n) is 14.5. The van der Waals surface area contributed by atoms with Gasteiger partial charge < -0.3 is 14.0 Å². The van der Waals surface area contributed by atoms with Crippen LogP contribution in [0.2, 0.25) is 0 Å². The number of halogens is 5. The van der Waals surface area contributed by atoms with E-state index >= 15 is 4.39 Å². The van der Waals surface area contributed by atoms with Crippen molar-refractivity contribution in [2.45, 2.75) is 82.6 Å². The van der Waals surface area contributed by atoms with Gasteiger partial charge in [0.1, 0.15) is 22.4 Å². The maximum Gasteiger partial charge on any atom is 0.461 e. The molecule has 0 fully saturated rings. The molecule has 1 N–H and O–H groups in total. The number of ether oxygens (including phenoxy) is 2. The molecule has 44 heavy (non-hydrogen) atoms. The number of nitrogens with one attached hydrogen (secondary N) is 1. The molecule has 0 bridgehead atoms. The molecule has 0 amide bonds. The van der Waals surface area contributed by atoms with E-state index in [1.807, 2.05) is 30.3 Å². The molecule has 3 rings (SSSR count). The van der Waals surface area contributed by atoms with Crippen LogP contribution in [-0.2, 0) is 39.3 Å². The number of unbranched alkanes of at least 4 members (excludes halogenated alkanes) is 2. The van der Waals surface area contributed by atoms with E-state index in [1.165, 1.54) is 0 Å². The summed E-state index contributed by atoms with van der Waals surface area (Å²) < 4.78 is 94.6. The Kier molecular flexibility index (Phi) is 13.0. The van der Waals surface area contributed by atoms with Crippen molar-refractivity contribution in [1.29, 1.82) is 0 Å². The van der Waals surface area contributed by atoms with Crippen LogP contribution in [0, 0.1) is 5.82 Å². The highest BCUT2D eigenvalue weighted by molar-refractivity contribution is 7.90. The lowest BCUT2D eigenvalue weighted by molar-refractivity contribution is -0.253. The molecule has 0 saturated carbocycles. The van der Waals surface area contributed by atoms with Gasteiger partial charge in [-0.2, -0.15) is 17.6 Å². The minimum absolute atomic E-state index is 0.0713. The van der Waals surface area contributed by atoms with Crippen LogP contribution in [0.15, 0.2) is 72.8 Å². The molecule has 0 aliphatic carbocycles. The van der Waals surface area contributed by atoms with Crippen molar-refractivity contribution in [2.75, 3.05) is 6.61 Å². The summed E-state index contributed by atoms with van der Waals surface area (Å²) in [6, 6.07) is 19.2. The zero-order valence-corrected chi connectivity index (χ0v) is 25.8. The highest BCUT2D eigenvalue weighted by Gasteiger charge is 2.45. The number of esters is 1. The number of rotatable bonds is 17. The summed E-state index contributed by atoms with van der Waals surface area (Å²) in [4.78, 5) is 11.6. The van der Waals surface area contributed by atoms with Crippen molar-refractivity contribution in [2.24, 2.45) is 0 Å². The number of carbonyl (C=O) groups excluding carboxylic acids is 1. The van der Waals surface area contributed by atoms with Gasteiger partial charge in [-0.05, 0) is 74.4 Å². The van der Waals surface area contributed by atoms with Crippen LogP contribution in [0.3, 0.4) is 0 Å². The molecule has 0 aromatic heterocycles. The first kappa shape index (κ1) is 35.3. The molecular weight excluding hydrogens is 601 g/mol. The quantitative estimate of drug-likeness (QED) is 0.0705. The largest absolute Gasteiger partial charge is 0.598 e. The van der Waals surface area contributed by atoms with Crippen molar-refractivity contribution < 1.29 is 40.8 Å². The standard InChI is InChI=1S/C33H38F5NO4S/c1-4-42-30(40)17-10-6-7-12-24-15-11-16-26(18-24)32(39-44(41)23(2)3,22-25-13-8-5-9-14-25)27-19-28(34)21-29(20-27)43-33(37,38)31(35)36/h5,8-9,11,13-16,18-21,23,31,39H,4,6-7,10,12,17,22H2,1-3H3/t32-,44-/m1/s1. The van der Waals surface area contributed by atoms with Crippen molar-refractivity contribution in [3.63, 3.8) is 0 Å². The Morgan fingerprint density at radius 2 is 1.64 bits per heavy atom. The molecular formula is C33H38F5NO4S. The molecule has 3 aromatic rings. The van der Waals surface area contributed by atoms with Crippen molar-refractivity contribution in [1.82, 2.24) is 4.72 Å². The molecule has 2 atom stereocenters. The third-order valence-electron chi connectivity index (χ3n) is 6.96. The van der Waals surface area contributed by atoms with Gasteiger partial charge >= 0.3 is 18.5 Å². The molecule has 5 nitrogen and oxygen atoms in total. The van der Waals surface area contributed by atoms with E-state index in [2.05, 4.69) is 9.46 Å². The van der Waals surface area contributed by atoms with Gasteiger partial charge in [0.2, 0.25) is 0 Å². The lowest BCUT2D eigenvalue weighted by atomic mass is 9.78. The Bertz CT molecular complexity index is 1340. The maximum atomic E-state index is 15.1. The first-order chi connectivity index (χ1) is 20.9. The van der Waals surface area contributed by atoms with E-state index in [0.717, 1.165) is 36.1 Å². The molecule has 0 unspecified atom stereocenters. The molecule has 0 aliphatic rings. The molecule has 0 saturated heterocycles. The molecule has 240 valence electrons. The second-order valence-electron chi connectivity index (χ2n) is 10.7. The number of benzene rings is 3. The smallest absolute Gasteiger partial charge is 0.461 e. The number of hydrogen-bond acceptors (Lipinski definition) is 5. The molecule has 0 heterocycles. The topological polar surface area (TPSA) is 70.6 Å². The predicted molar refractivity (Wildman–Crippen MR) is 161 cm³/mol. The first-order valence-corrected chi connectivity index (χ1v) is 15.7. The number of alkyl halides is 4. The zero-order chi connectivity index (χ0) is 32.3. The van der Waals surface area contributed by atoms with Gasteiger partial charge in [-0.3, -0.25) is 4.79 Å². The van der Waals surface area contributed by atoms with Crippen LogP contribution >= 0.6 is 0 Å². The summed E-state index contributed by atoms with van der Waals surface area (Å²) >= 11 is -1.70. The van der Waals surface area contributed by atoms with Crippen LogP contribution < -0.4 is 9.46 Å². The predicted octanol–water partition coefficient (Wildman–Crippen LogP) is 7.88. The zero-order valence-electron chi connectivity index (χ0n) is 25.0. The summed E-state index contributed by atoms with van der Waals surface area (Å²) in [5.41, 5.74) is 0.857. The highest BCUT2D eigenvalue weighted by atomic mass is 32.2. The van der Waals surface area contributed by atoms with Gasteiger partial charge in [0.05, 0.1) is 6.61 Å². The van der Waals surface area contributed by atoms with E-state index in [9.17, 15) is 26.9 Å². The fourth-order valence-electron chi connectivity index (χ4n) is 4.79. The van der Waals surface area contributed by atoms with E-state index in [1.54, 1.807) is 45.0 Å². The van der Waals surface area contributed by atoms with Crippen LogP contribution in [0.1, 0.15) is 68.7 Å². The Morgan fingerprint density at radius 1 is 0.932 bits per heavy atom. The monoisotopic (exact) mass is 639 g/mol. The maximum absolute atomic E-state index is 15.1. The van der Waals surface area contributed by atoms with E-state index in [-0.39, 0.29) is 23.2 Å². The average Bonchev–Trinajstić information content (AvgIpc) is 2.96. The summed E-state index contributed by atoms with van der Waals surface area (Å²) in [7, 11) is 0. The van der Waals surface area contributed by atoms with Gasteiger partial charge in [-0.1, -0.05) is 61.0 Å². The van der Waals surface area contributed by atoms with E-state index in [4.69, 9.17) is 4.74 Å². The van der Waals surface area contributed by atoms with Crippen LogP contribution in [-0.4, -0.2) is 34.9 Å². The van der Waals surface area contributed by atoms with Crippen LogP contribution in [0.4, 0.5) is 22.0 Å². The molecule has 3 aromatic carbocycles. The minimum atomic E-state index is -4.85. The van der Waals surface area contributed by atoms with Gasteiger partial charge in [0.15, 0.2) is 0 Å². The van der Waals surface area contributed by atoms with Crippen molar-refractivity contribution in [3.05, 3.63) is 101 Å². The molecule has 0 aliphatic heterocycles. The van der Waals surface area contributed by atoms with Gasteiger partial charge in [0.25, 0.3) is 0 Å². The Balaban J connectivity index is 2.09. The Hall–Kier alpha value is -3.15. The molecule has 0 spiro atoms. The second kappa shape index (κ2) is 16.2. The van der Waals surface area contributed by atoms with Crippen molar-refractivity contribution >= 4 is 17.3 Å². The van der Waals surface area contributed by atoms with Gasteiger partial charge in [-0.25, -0.2) is 4.39 Å². The Morgan fingerprint density at radius 3 is 2.30 bits per heavy atom.